The molecule has 4 aliphatic rings. The van der Waals surface area contributed by atoms with Crippen LogP contribution in [0.3, 0.4) is 0 Å². The van der Waals surface area contributed by atoms with Gasteiger partial charge in [0.2, 0.25) is 5.91 Å². The van der Waals surface area contributed by atoms with Crippen LogP contribution in [0.15, 0.2) is 23.2 Å². The van der Waals surface area contributed by atoms with Crippen LogP contribution in [0.25, 0.3) is 0 Å². The van der Waals surface area contributed by atoms with Crippen LogP contribution >= 0.6 is 0 Å². The number of rotatable bonds is 4. The lowest BCUT2D eigenvalue weighted by Crippen LogP contribution is -2.86. The van der Waals surface area contributed by atoms with Crippen molar-refractivity contribution in [3.8, 4) is 0 Å². The highest BCUT2D eigenvalue weighted by Crippen LogP contribution is 2.79. The van der Waals surface area contributed by atoms with Gasteiger partial charge in [0.05, 0.1) is 15.6 Å². The smallest absolute Gasteiger partial charge is 0.349 e. The Morgan fingerprint density at radius 2 is 1.56 bits per heavy atom. The summed E-state index contributed by atoms with van der Waals surface area (Å²) in [5, 5.41) is -4.23. The summed E-state index contributed by atoms with van der Waals surface area (Å²) in [6.45, 7) is 8.85. The number of nitrogens with one attached hydrogen (secondary N) is 1. The number of hydrogen-bond acceptors (Lipinski definition) is 2. The van der Waals surface area contributed by atoms with Gasteiger partial charge in [0.25, 0.3) is 0 Å². The Morgan fingerprint density at radius 3 is 2.08 bits per heavy atom. The molecular formula is C38H53F6N2O2+. The van der Waals surface area contributed by atoms with E-state index < -0.39 is 164 Å². The highest BCUT2D eigenvalue weighted by atomic mass is 19.4. The second-order valence-corrected chi connectivity index (χ2v) is 14.2. The van der Waals surface area contributed by atoms with Crippen molar-refractivity contribution < 1.29 is 68.8 Å². The molecule has 0 radical (unpaired) electrons. The van der Waals surface area contributed by atoms with Crippen molar-refractivity contribution >= 4 is 17.5 Å². The largest absolute Gasteiger partial charge is 0.422 e. The second kappa shape index (κ2) is 11.3. The lowest BCUT2D eigenvalue weighted by Gasteiger charge is -2.74. The van der Waals surface area contributed by atoms with Crippen LogP contribution in [-0.4, -0.2) is 17.8 Å². The Kier molecular flexibility index (Phi) is 4.42. The molecule has 0 saturated heterocycles. The number of hydrogen-bond donors (Lipinski definition) is 2. The minimum atomic E-state index is -6.13. The predicted octanol–water partition coefficient (Wildman–Crippen LogP) is 8.99. The van der Waals surface area contributed by atoms with Crippen LogP contribution in [0.5, 0.6) is 0 Å². The van der Waals surface area contributed by atoms with Gasteiger partial charge in [-0.25, -0.2) is 10.1 Å². The highest BCUT2D eigenvalue weighted by molar-refractivity contribution is 5.95. The fourth-order valence-corrected chi connectivity index (χ4v) is 8.32. The molecule has 3 N–H and O–H groups in total. The fraction of sp³-hybridized carbons (Fsp3) is 0.737. The van der Waals surface area contributed by atoms with Crippen LogP contribution < -0.4 is 10.6 Å². The summed E-state index contributed by atoms with van der Waals surface area (Å²) in [7, 11) is 0. The first-order chi connectivity index (χ1) is 29.4. The maximum Gasteiger partial charge on any atom is 0.422 e. The number of primary amides is 1. The number of fused-ring (bicyclic) bond motifs is 5. The molecule has 1 heterocycles. The van der Waals surface area contributed by atoms with Crippen molar-refractivity contribution in [2.75, 3.05) is 0 Å². The number of quaternary nitrogens is 1. The van der Waals surface area contributed by atoms with Gasteiger partial charge in [-0.3, -0.25) is 4.79 Å². The van der Waals surface area contributed by atoms with Gasteiger partial charge < -0.3 is 5.31 Å². The molecular weight excluding hydrogens is 630 g/mol. The molecule has 4 nitrogen and oxygen atoms in total. The van der Waals surface area contributed by atoms with E-state index in [2.05, 4.69) is 0 Å². The summed E-state index contributed by atoms with van der Waals surface area (Å²) in [4.78, 5) is 29.7. The van der Waals surface area contributed by atoms with Gasteiger partial charge in [0, 0.05) is 41.8 Å². The van der Waals surface area contributed by atoms with Crippen molar-refractivity contribution in [2.45, 2.75) is 120 Å². The number of nitrogens with two attached hydrogens (primary N) is 1. The Hall–Kier alpha value is -2.36. The monoisotopic (exact) mass is 704 g/mol. The summed E-state index contributed by atoms with van der Waals surface area (Å²) in [5.41, 5.74) is -24.1. The highest BCUT2D eigenvalue weighted by Gasteiger charge is 2.77. The molecule has 1 aromatic carbocycles. The lowest BCUT2D eigenvalue weighted by atomic mass is 9.30. The molecule has 0 unspecified atom stereocenters. The molecule has 3 fully saturated rings. The molecule has 48 heavy (non-hydrogen) atoms. The molecule has 2 amide bonds. The standard InChI is InChI=1S/C38H52F6N2O2/c1-18(2)35-22(7)20(5)31(47)45-28(35)17-12-23-25-14-16-27(36(25,19(3)4)34(10,11)33(8,9)30(23)35)32(48)46-29-21(6)24(37(39,40)41)13-15-26(29)38(42,43)44/h13,15,18-19,23,25,27-28,30H,12,14,16-17H2,1-11H3,(H,45,47)(H,46,48)/p+1/t23-,25-,27+,28+,30+,35-,36-/m0/s1/i12D2,13D,14D2,15D,16D2,17D2,18D,19D,23D,25D,27D,28D,30D/hD3. The quantitative estimate of drug-likeness (QED) is 0.243. The number of amides is 2. The van der Waals surface area contributed by atoms with Crippen LogP contribution in [-0.2, 0) is 21.9 Å². The summed E-state index contributed by atoms with van der Waals surface area (Å²) >= 11 is 0. The topological polar surface area (TPSA) is 62.8 Å². The molecule has 5 rings (SSSR count). The lowest BCUT2D eigenvalue weighted by molar-refractivity contribution is -0.493. The zero-order valence-electron chi connectivity index (χ0n) is 48.5. The third-order valence-corrected chi connectivity index (χ3v) is 11.2. The first-order valence-electron chi connectivity index (χ1n) is 25.0. The maximum atomic E-state index is 15.8. The molecule has 268 valence electrons. The molecule has 10 heteroatoms. The zero-order valence-corrected chi connectivity index (χ0v) is 28.5. The molecule has 0 bridgehead atoms. The van der Waals surface area contributed by atoms with Crippen molar-refractivity contribution in [1.29, 1.82) is 0 Å². The van der Waals surface area contributed by atoms with Gasteiger partial charge in [-0.05, 0) is 104 Å². The van der Waals surface area contributed by atoms with Gasteiger partial charge in [-0.1, -0.05) is 61.0 Å². The Morgan fingerprint density at radius 1 is 1.00 bits per heavy atom. The van der Waals surface area contributed by atoms with E-state index in [1.807, 2.05) is 0 Å². The maximum absolute atomic E-state index is 15.8. The fourth-order valence-electron chi connectivity index (χ4n) is 8.32. The molecule has 3 aliphatic carbocycles. The van der Waals surface area contributed by atoms with Crippen LogP contribution in [0.1, 0.15) is 135 Å². The average Bonchev–Trinajstić information content (AvgIpc) is 3.21. The second-order valence-electron chi connectivity index (χ2n) is 14.2. The third kappa shape index (κ3) is 4.65. The SMILES string of the molecule is [2H]c1c([2H])c(C(F)(F)F)c([N+]([2H])([2H])C(=O)[C@@]2([2H])C([2H])([2H])C([2H])([2H])[C@@]3([2H])[C@]4([2H])C([2H])([2H])C([2H])([2H])[C@@]5([2H])N([2H])C(=O)C(C)=C(C)[C@]5(C([2H])(C)C)[C@@]4([2H])C(C)(C)C(C)(C)[C@@]32C([2H])(C)C)c(C)c1C(F)(F)F. The van der Waals surface area contributed by atoms with Crippen molar-refractivity contribution in [2.24, 2.45) is 57.0 Å². The van der Waals surface area contributed by atoms with E-state index in [9.17, 15) is 38.5 Å². The average molecular weight is 704 g/mol. The van der Waals surface area contributed by atoms with Gasteiger partial charge in [-0.15, -0.1) is 0 Å². The molecule has 3 saturated carbocycles. The first-order valence-corrected chi connectivity index (χ1v) is 15.2. The number of alkyl halides is 6. The molecule has 1 aromatic rings. The predicted molar refractivity (Wildman–Crippen MR) is 173 cm³/mol. The van der Waals surface area contributed by atoms with E-state index >= 15 is 18.0 Å². The third-order valence-electron chi connectivity index (χ3n) is 11.2. The van der Waals surface area contributed by atoms with Crippen LogP contribution in [0, 0.1) is 63.9 Å². The minimum Gasteiger partial charge on any atom is -0.349 e. The van der Waals surface area contributed by atoms with Crippen LogP contribution in [0.4, 0.5) is 32.0 Å². The van der Waals surface area contributed by atoms with Crippen molar-refractivity contribution in [3.05, 3.63) is 39.9 Å². The van der Waals surface area contributed by atoms with Crippen LogP contribution in [0.2, 0.25) is 4.24 Å². The molecule has 0 aromatic heterocycles. The normalized spacial score (nSPS) is 53.4. The Labute approximate surface area is 309 Å². The molecule has 1 aliphatic heterocycles. The number of benzene rings is 1. The molecule has 7 atom stereocenters. The summed E-state index contributed by atoms with van der Waals surface area (Å²) in [5.74, 6) is -28.6. The Balaban J connectivity index is 2.25. The summed E-state index contributed by atoms with van der Waals surface area (Å²) in [6.07, 6.45) is -30.7. The van der Waals surface area contributed by atoms with Gasteiger partial charge >= 0.3 is 21.1 Å². The number of carbonyl (C=O) groups is 2. The van der Waals surface area contributed by atoms with E-state index in [4.69, 9.17) is 6.98 Å². The van der Waals surface area contributed by atoms with E-state index in [0.717, 1.165) is 55.4 Å². The molecule has 0 spiro atoms. The van der Waals surface area contributed by atoms with E-state index in [1.165, 1.54) is 0 Å². The number of halogens is 6. The first kappa shape index (κ1) is 18.8. The number of carbonyl (C=O) groups excluding carboxylic acids is 2. The van der Waals surface area contributed by atoms with Gasteiger partial charge in [0.1, 0.15) is 5.56 Å². The minimum absolute atomic E-state index is 0.170. The van der Waals surface area contributed by atoms with Gasteiger partial charge in [-0.2, -0.15) is 26.3 Å². The zero-order chi connectivity index (χ0) is 54.4. The van der Waals surface area contributed by atoms with Crippen molar-refractivity contribution in [1.82, 2.24) is 5.31 Å². The summed E-state index contributed by atoms with van der Waals surface area (Å²) < 4.78 is 283. The van der Waals surface area contributed by atoms with E-state index in [0.29, 0.717) is 13.8 Å². The Bertz CT molecular complexity index is 2480. The van der Waals surface area contributed by atoms with Crippen molar-refractivity contribution in [3.63, 3.8) is 0 Å². The summed E-state index contributed by atoms with van der Waals surface area (Å²) in [6, 6.07) is -8.43. The van der Waals surface area contributed by atoms with E-state index in [-0.39, 0.29) is 12.2 Å². The van der Waals surface area contributed by atoms with Gasteiger partial charge in [0.15, 0.2) is 7.10 Å². The van der Waals surface area contributed by atoms with E-state index in [1.54, 1.807) is 0 Å².